The maximum atomic E-state index is 11.8. The van der Waals surface area contributed by atoms with Crippen molar-refractivity contribution in [1.29, 1.82) is 0 Å². The van der Waals surface area contributed by atoms with Crippen molar-refractivity contribution < 1.29 is 4.79 Å². The molecule has 2 rings (SSSR count). The van der Waals surface area contributed by atoms with E-state index in [0.717, 1.165) is 29.3 Å². The first-order chi connectivity index (χ1) is 11.6. The molecule has 24 heavy (non-hydrogen) atoms. The summed E-state index contributed by atoms with van der Waals surface area (Å²) in [5.41, 5.74) is 2.76. The minimum atomic E-state index is -0.235. The average Bonchev–Trinajstić information content (AvgIpc) is 2.51. The number of rotatable bonds is 7. The predicted molar refractivity (Wildman–Crippen MR) is 97.6 cm³/mol. The van der Waals surface area contributed by atoms with Crippen molar-refractivity contribution in [3.05, 3.63) is 41.6 Å². The van der Waals surface area contributed by atoms with Gasteiger partial charge in [0.05, 0.1) is 0 Å². The number of anilines is 3. The Morgan fingerprint density at radius 3 is 2.67 bits per heavy atom. The van der Waals surface area contributed by atoms with Gasteiger partial charge in [-0.3, -0.25) is 0 Å². The van der Waals surface area contributed by atoms with E-state index in [4.69, 9.17) is 0 Å². The predicted octanol–water partition coefficient (Wildman–Crippen LogP) is 2.76. The van der Waals surface area contributed by atoms with E-state index in [-0.39, 0.29) is 6.03 Å². The Balaban J connectivity index is 1.75. The van der Waals surface area contributed by atoms with E-state index in [2.05, 4.69) is 31.2 Å². The van der Waals surface area contributed by atoms with Crippen LogP contribution < -0.4 is 21.3 Å². The molecule has 1 aromatic carbocycles. The van der Waals surface area contributed by atoms with Crippen LogP contribution in [0.5, 0.6) is 0 Å². The zero-order chi connectivity index (χ0) is 17.4. The zero-order valence-corrected chi connectivity index (χ0v) is 14.3. The van der Waals surface area contributed by atoms with Gasteiger partial charge in [-0.2, -0.15) is 4.98 Å². The molecule has 2 amide bonds. The Hall–Kier alpha value is -2.83. The molecule has 0 spiro atoms. The summed E-state index contributed by atoms with van der Waals surface area (Å²) in [6.07, 6.45) is 0. The minimum Gasteiger partial charge on any atom is -0.370 e. The molecule has 128 valence electrons. The first-order valence-electron chi connectivity index (χ1n) is 8.02. The lowest BCUT2D eigenvalue weighted by atomic mass is 10.2. The first-order valence-corrected chi connectivity index (χ1v) is 8.02. The number of aromatic nitrogens is 2. The molecule has 0 aliphatic rings. The summed E-state index contributed by atoms with van der Waals surface area (Å²) >= 11 is 0. The van der Waals surface area contributed by atoms with Gasteiger partial charge in [-0.05, 0) is 38.5 Å². The Morgan fingerprint density at radius 1 is 1.08 bits per heavy atom. The molecular formula is C17H24N6O. The second-order valence-corrected chi connectivity index (χ2v) is 5.43. The summed E-state index contributed by atoms with van der Waals surface area (Å²) in [4.78, 5) is 20.5. The van der Waals surface area contributed by atoms with Crippen LogP contribution in [0.25, 0.3) is 0 Å². The van der Waals surface area contributed by atoms with Gasteiger partial charge in [0.15, 0.2) is 0 Å². The monoisotopic (exact) mass is 328 g/mol. The minimum absolute atomic E-state index is 0.235. The number of carbonyl (C=O) groups is 1. The molecular weight excluding hydrogens is 304 g/mol. The third-order valence-electron chi connectivity index (χ3n) is 3.18. The van der Waals surface area contributed by atoms with Crippen molar-refractivity contribution in [1.82, 2.24) is 15.3 Å². The fraction of sp³-hybridized carbons (Fsp3) is 0.353. The van der Waals surface area contributed by atoms with Gasteiger partial charge >= 0.3 is 6.03 Å². The van der Waals surface area contributed by atoms with Gasteiger partial charge < -0.3 is 21.3 Å². The number of hydrogen-bond donors (Lipinski definition) is 4. The molecule has 0 unspecified atom stereocenters. The molecule has 7 heteroatoms. The summed E-state index contributed by atoms with van der Waals surface area (Å²) < 4.78 is 0. The topological polar surface area (TPSA) is 91.0 Å². The van der Waals surface area contributed by atoms with Crippen molar-refractivity contribution in [2.45, 2.75) is 20.8 Å². The van der Waals surface area contributed by atoms with Gasteiger partial charge in [0.25, 0.3) is 0 Å². The fourth-order valence-electron chi connectivity index (χ4n) is 2.17. The van der Waals surface area contributed by atoms with E-state index < -0.39 is 0 Å². The summed E-state index contributed by atoms with van der Waals surface area (Å²) in [7, 11) is 0. The Kier molecular flexibility index (Phi) is 6.36. The SMILES string of the molecule is CCNc1cc(C)nc(NCCNC(=O)Nc2cccc(C)c2)n1. The number of nitrogens with zero attached hydrogens (tertiary/aromatic N) is 2. The van der Waals surface area contributed by atoms with Crippen LogP contribution in [0.1, 0.15) is 18.2 Å². The standard InChI is InChI=1S/C17H24N6O/c1-4-18-15-11-13(3)21-16(23-15)19-8-9-20-17(24)22-14-7-5-6-12(2)10-14/h5-7,10-11H,4,8-9H2,1-3H3,(H2,20,22,24)(H2,18,19,21,23). The molecule has 4 N–H and O–H groups in total. The molecule has 7 nitrogen and oxygen atoms in total. The van der Waals surface area contributed by atoms with Crippen LogP contribution in [-0.2, 0) is 0 Å². The number of benzene rings is 1. The van der Waals surface area contributed by atoms with Crippen molar-refractivity contribution in [3.63, 3.8) is 0 Å². The molecule has 0 atom stereocenters. The van der Waals surface area contributed by atoms with Gasteiger partial charge in [0.1, 0.15) is 5.82 Å². The Morgan fingerprint density at radius 2 is 1.92 bits per heavy atom. The number of hydrogen-bond acceptors (Lipinski definition) is 5. The molecule has 0 aliphatic carbocycles. The molecule has 1 heterocycles. The fourth-order valence-corrected chi connectivity index (χ4v) is 2.17. The molecule has 0 radical (unpaired) electrons. The molecule has 2 aromatic rings. The van der Waals surface area contributed by atoms with Crippen molar-refractivity contribution in [2.75, 3.05) is 35.6 Å². The molecule has 1 aromatic heterocycles. The van der Waals surface area contributed by atoms with Crippen LogP contribution in [-0.4, -0.2) is 35.6 Å². The van der Waals surface area contributed by atoms with Crippen LogP contribution in [0.15, 0.2) is 30.3 Å². The summed E-state index contributed by atoms with van der Waals surface area (Å²) in [6.45, 7) is 7.72. The maximum absolute atomic E-state index is 11.8. The molecule has 0 saturated heterocycles. The van der Waals surface area contributed by atoms with Crippen LogP contribution in [0.3, 0.4) is 0 Å². The lowest BCUT2D eigenvalue weighted by Gasteiger charge is -2.10. The maximum Gasteiger partial charge on any atom is 0.319 e. The van der Waals surface area contributed by atoms with Crippen LogP contribution in [0.4, 0.5) is 22.2 Å². The second kappa shape index (κ2) is 8.71. The third-order valence-corrected chi connectivity index (χ3v) is 3.18. The summed E-state index contributed by atoms with van der Waals surface area (Å²) in [5, 5.41) is 11.9. The summed E-state index contributed by atoms with van der Waals surface area (Å²) in [6, 6.07) is 9.32. The lowest BCUT2D eigenvalue weighted by molar-refractivity contribution is 0.252. The Labute approximate surface area is 142 Å². The number of nitrogens with one attached hydrogen (secondary N) is 4. The highest BCUT2D eigenvalue weighted by Crippen LogP contribution is 2.09. The highest BCUT2D eigenvalue weighted by molar-refractivity contribution is 5.89. The largest absolute Gasteiger partial charge is 0.370 e. The lowest BCUT2D eigenvalue weighted by Crippen LogP contribution is -2.32. The highest BCUT2D eigenvalue weighted by atomic mass is 16.2. The number of carbonyl (C=O) groups excluding carboxylic acids is 1. The van der Waals surface area contributed by atoms with Gasteiger partial charge in [-0.1, -0.05) is 12.1 Å². The quantitative estimate of drug-likeness (QED) is 0.587. The van der Waals surface area contributed by atoms with E-state index in [0.29, 0.717) is 19.0 Å². The van der Waals surface area contributed by atoms with Crippen molar-refractivity contribution >= 4 is 23.5 Å². The second-order valence-electron chi connectivity index (χ2n) is 5.43. The Bertz CT molecular complexity index is 689. The molecule has 0 bridgehead atoms. The van der Waals surface area contributed by atoms with Crippen LogP contribution in [0, 0.1) is 13.8 Å². The molecule has 0 fully saturated rings. The summed E-state index contributed by atoms with van der Waals surface area (Å²) in [5.74, 6) is 1.34. The number of aryl methyl sites for hydroxylation is 2. The number of urea groups is 1. The first kappa shape index (κ1) is 17.5. The zero-order valence-electron chi connectivity index (χ0n) is 14.3. The number of amides is 2. The highest BCUT2D eigenvalue weighted by Gasteiger charge is 2.03. The van der Waals surface area contributed by atoms with Gasteiger partial charge in [-0.25, -0.2) is 9.78 Å². The van der Waals surface area contributed by atoms with E-state index >= 15 is 0 Å². The van der Waals surface area contributed by atoms with Gasteiger partial charge in [0.2, 0.25) is 5.95 Å². The van der Waals surface area contributed by atoms with E-state index in [9.17, 15) is 4.79 Å². The van der Waals surface area contributed by atoms with Crippen molar-refractivity contribution in [2.24, 2.45) is 0 Å². The van der Waals surface area contributed by atoms with E-state index in [1.54, 1.807) is 0 Å². The van der Waals surface area contributed by atoms with Crippen LogP contribution in [0.2, 0.25) is 0 Å². The molecule has 0 saturated carbocycles. The van der Waals surface area contributed by atoms with Crippen molar-refractivity contribution in [3.8, 4) is 0 Å². The van der Waals surface area contributed by atoms with Crippen LogP contribution >= 0.6 is 0 Å². The molecule has 0 aliphatic heterocycles. The normalized spacial score (nSPS) is 10.1. The van der Waals surface area contributed by atoms with E-state index in [1.165, 1.54) is 0 Å². The van der Waals surface area contributed by atoms with Gasteiger partial charge in [-0.15, -0.1) is 0 Å². The van der Waals surface area contributed by atoms with Gasteiger partial charge in [0, 0.05) is 37.1 Å². The third kappa shape index (κ3) is 5.75. The smallest absolute Gasteiger partial charge is 0.319 e. The average molecular weight is 328 g/mol. The van der Waals surface area contributed by atoms with E-state index in [1.807, 2.05) is 51.1 Å².